The van der Waals surface area contributed by atoms with Gasteiger partial charge in [-0.3, -0.25) is 0 Å². The van der Waals surface area contributed by atoms with Crippen LogP contribution in [0.5, 0.6) is 0 Å². The van der Waals surface area contributed by atoms with Crippen molar-refractivity contribution in [1.29, 1.82) is 0 Å². The predicted molar refractivity (Wildman–Crippen MR) is 48.1 cm³/mol. The second-order valence-electron chi connectivity index (χ2n) is 3.00. The molecular formula is C8H11N5O. The number of nitrogens with one attached hydrogen (secondary N) is 2. The molecule has 2 N–H and O–H groups in total. The van der Waals surface area contributed by atoms with E-state index in [-0.39, 0.29) is 6.04 Å². The number of rotatable bonds is 4. The summed E-state index contributed by atoms with van der Waals surface area (Å²) < 4.78 is 4.95. The molecule has 74 valence electrons. The lowest BCUT2D eigenvalue weighted by Gasteiger charge is -2.07. The third-order valence-electron chi connectivity index (χ3n) is 1.94. The van der Waals surface area contributed by atoms with E-state index in [1.807, 2.05) is 13.0 Å². The zero-order valence-corrected chi connectivity index (χ0v) is 7.77. The first kappa shape index (κ1) is 8.89. The van der Waals surface area contributed by atoms with Crippen molar-refractivity contribution >= 4 is 0 Å². The van der Waals surface area contributed by atoms with Crippen molar-refractivity contribution in [3.63, 3.8) is 0 Å². The van der Waals surface area contributed by atoms with Gasteiger partial charge in [-0.1, -0.05) is 5.21 Å². The number of hydrogen-bond acceptors (Lipinski definition) is 5. The molecule has 0 aliphatic rings. The van der Waals surface area contributed by atoms with Crippen LogP contribution in [0.1, 0.15) is 24.4 Å². The molecule has 6 heteroatoms. The lowest BCUT2D eigenvalue weighted by Crippen LogP contribution is -2.18. The molecule has 0 aromatic carbocycles. The molecule has 1 unspecified atom stereocenters. The van der Waals surface area contributed by atoms with Crippen LogP contribution in [0.3, 0.4) is 0 Å². The molecule has 0 amide bonds. The normalized spacial score (nSPS) is 12.9. The average molecular weight is 193 g/mol. The van der Waals surface area contributed by atoms with Crippen molar-refractivity contribution in [2.75, 3.05) is 0 Å². The molecule has 2 aromatic heterocycles. The number of hydrogen-bond donors (Lipinski definition) is 2. The fourth-order valence-corrected chi connectivity index (χ4v) is 1.11. The quantitative estimate of drug-likeness (QED) is 0.745. The van der Waals surface area contributed by atoms with Gasteiger partial charge in [-0.05, 0) is 13.0 Å². The fraction of sp³-hybridized carbons (Fsp3) is 0.375. The van der Waals surface area contributed by atoms with E-state index in [9.17, 15) is 0 Å². The number of aromatic amines is 1. The molecule has 0 radical (unpaired) electrons. The summed E-state index contributed by atoms with van der Waals surface area (Å²) in [7, 11) is 0. The molecule has 0 aliphatic heterocycles. The van der Waals surface area contributed by atoms with E-state index in [2.05, 4.69) is 25.9 Å². The Hall–Kier alpha value is -1.69. The number of tetrazole rings is 1. The van der Waals surface area contributed by atoms with Gasteiger partial charge < -0.3 is 9.73 Å². The summed E-state index contributed by atoms with van der Waals surface area (Å²) >= 11 is 0. The summed E-state index contributed by atoms with van der Waals surface area (Å²) in [5.41, 5.74) is 1.10. The molecule has 2 rings (SSSR count). The Bertz CT molecular complexity index is 355. The lowest BCUT2D eigenvalue weighted by atomic mass is 10.3. The van der Waals surface area contributed by atoms with Gasteiger partial charge in [-0.25, -0.2) is 0 Å². The number of aromatic nitrogens is 4. The topological polar surface area (TPSA) is 79.6 Å². The van der Waals surface area contributed by atoms with E-state index in [1.165, 1.54) is 0 Å². The Kier molecular flexibility index (Phi) is 2.55. The maximum Gasteiger partial charge on any atom is 0.191 e. The fourth-order valence-electron chi connectivity index (χ4n) is 1.11. The maximum absolute atomic E-state index is 4.95. The first-order valence-corrected chi connectivity index (χ1v) is 4.34. The smallest absolute Gasteiger partial charge is 0.191 e. The Morgan fingerprint density at radius 2 is 2.57 bits per heavy atom. The van der Waals surface area contributed by atoms with Crippen molar-refractivity contribution in [2.24, 2.45) is 0 Å². The second kappa shape index (κ2) is 4.01. The van der Waals surface area contributed by atoms with E-state index >= 15 is 0 Å². The minimum Gasteiger partial charge on any atom is -0.472 e. The third-order valence-corrected chi connectivity index (χ3v) is 1.94. The van der Waals surface area contributed by atoms with Gasteiger partial charge in [-0.2, -0.15) is 5.21 Å². The van der Waals surface area contributed by atoms with Crippen LogP contribution in [-0.2, 0) is 6.54 Å². The van der Waals surface area contributed by atoms with E-state index in [4.69, 9.17) is 4.42 Å². The number of furan rings is 1. The van der Waals surface area contributed by atoms with Crippen LogP contribution in [-0.4, -0.2) is 20.6 Å². The Morgan fingerprint density at radius 3 is 3.21 bits per heavy atom. The highest BCUT2D eigenvalue weighted by Crippen LogP contribution is 2.06. The molecule has 0 fully saturated rings. The van der Waals surface area contributed by atoms with Crippen molar-refractivity contribution in [3.05, 3.63) is 30.0 Å². The molecule has 2 heterocycles. The summed E-state index contributed by atoms with van der Waals surface area (Å²) in [4.78, 5) is 0. The Morgan fingerprint density at radius 1 is 1.64 bits per heavy atom. The van der Waals surface area contributed by atoms with Gasteiger partial charge in [0.15, 0.2) is 5.82 Å². The number of nitrogens with zero attached hydrogens (tertiary/aromatic N) is 3. The third kappa shape index (κ3) is 1.97. The highest BCUT2D eigenvalue weighted by atomic mass is 16.3. The van der Waals surface area contributed by atoms with E-state index in [0.717, 1.165) is 12.1 Å². The zero-order valence-electron chi connectivity index (χ0n) is 7.77. The predicted octanol–water partition coefficient (Wildman–Crippen LogP) is 0.643. The van der Waals surface area contributed by atoms with Crippen LogP contribution in [0.15, 0.2) is 23.0 Å². The molecule has 0 saturated carbocycles. The first-order valence-electron chi connectivity index (χ1n) is 4.34. The molecule has 0 bridgehead atoms. The van der Waals surface area contributed by atoms with Gasteiger partial charge in [0, 0.05) is 12.1 Å². The van der Waals surface area contributed by atoms with E-state index < -0.39 is 0 Å². The van der Waals surface area contributed by atoms with Crippen LogP contribution in [0.4, 0.5) is 0 Å². The van der Waals surface area contributed by atoms with Crippen LogP contribution < -0.4 is 5.32 Å². The largest absolute Gasteiger partial charge is 0.472 e. The van der Waals surface area contributed by atoms with Gasteiger partial charge >= 0.3 is 0 Å². The summed E-state index contributed by atoms with van der Waals surface area (Å²) in [5.74, 6) is 0.661. The molecule has 0 spiro atoms. The lowest BCUT2D eigenvalue weighted by molar-refractivity contribution is 0.533. The summed E-state index contributed by atoms with van der Waals surface area (Å²) in [6, 6.07) is 1.99. The molecule has 6 nitrogen and oxygen atoms in total. The monoisotopic (exact) mass is 193 g/mol. The SMILES string of the molecule is CC(NCc1ccoc1)c1nn[nH]n1. The van der Waals surface area contributed by atoms with E-state index in [0.29, 0.717) is 5.82 Å². The van der Waals surface area contributed by atoms with Crippen LogP contribution >= 0.6 is 0 Å². The molecular weight excluding hydrogens is 182 g/mol. The van der Waals surface area contributed by atoms with Crippen LogP contribution in [0, 0.1) is 0 Å². The second-order valence-corrected chi connectivity index (χ2v) is 3.00. The molecule has 14 heavy (non-hydrogen) atoms. The Balaban J connectivity index is 1.87. The van der Waals surface area contributed by atoms with Gasteiger partial charge in [0.25, 0.3) is 0 Å². The highest BCUT2D eigenvalue weighted by molar-refractivity contribution is 5.05. The van der Waals surface area contributed by atoms with Gasteiger partial charge in [0.2, 0.25) is 0 Å². The molecule has 1 atom stereocenters. The van der Waals surface area contributed by atoms with Gasteiger partial charge in [0.1, 0.15) is 0 Å². The Labute approximate surface area is 80.7 Å². The molecule has 2 aromatic rings. The molecule has 0 saturated heterocycles. The van der Waals surface area contributed by atoms with Gasteiger partial charge in [0.05, 0.1) is 18.6 Å². The first-order chi connectivity index (χ1) is 6.86. The summed E-state index contributed by atoms with van der Waals surface area (Å²) in [5, 5.41) is 16.9. The van der Waals surface area contributed by atoms with Crippen molar-refractivity contribution in [2.45, 2.75) is 19.5 Å². The summed E-state index contributed by atoms with van der Waals surface area (Å²) in [6.45, 7) is 2.71. The highest BCUT2D eigenvalue weighted by Gasteiger charge is 2.08. The molecule has 0 aliphatic carbocycles. The van der Waals surface area contributed by atoms with Crippen molar-refractivity contribution in [1.82, 2.24) is 25.9 Å². The minimum absolute atomic E-state index is 0.0728. The average Bonchev–Trinajstić information content (AvgIpc) is 2.87. The minimum atomic E-state index is 0.0728. The van der Waals surface area contributed by atoms with Crippen LogP contribution in [0.2, 0.25) is 0 Å². The standard InChI is InChI=1S/C8H11N5O/c1-6(8-10-12-13-11-8)9-4-7-2-3-14-5-7/h2-3,5-6,9H,4H2,1H3,(H,10,11,12,13). The van der Waals surface area contributed by atoms with Crippen molar-refractivity contribution < 1.29 is 4.42 Å². The summed E-state index contributed by atoms with van der Waals surface area (Å²) in [6.07, 6.45) is 3.35. The van der Waals surface area contributed by atoms with Crippen LogP contribution in [0.25, 0.3) is 0 Å². The van der Waals surface area contributed by atoms with Crippen molar-refractivity contribution in [3.8, 4) is 0 Å². The number of H-pyrrole nitrogens is 1. The van der Waals surface area contributed by atoms with E-state index in [1.54, 1.807) is 12.5 Å². The van der Waals surface area contributed by atoms with Gasteiger partial charge in [-0.15, -0.1) is 10.2 Å². The maximum atomic E-state index is 4.95. The zero-order chi connectivity index (χ0) is 9.80.